The number of aromatic amines is 1. The Morgan fingerprint density at radius 1 is 1.00 bits per heavy atom. The number of benzene rings is 1. The predicted molar refractivity (Wildman–Crippen MR) is 118 cm³/mol. The molecule has 2 aliphatic rings. The zero-order valence-electron chi connectivity index (χ0n) is 16.1. The molecule has 1 aliphatic heterocycles. The number of rotatable bonds is 5. The zero-order chi connectivity index (χ0) is 19.6. The summed E-state index contributed by atoms with van der Waals surface area (Å²) in [7, 11) is 0. The summed E-state index contributed by atoms with van der Waals surface area (Å²) in [4.78, 5) is 10.1. The minimum Gasteiger partial charge on any atom is -0.490 e. The van der Waals surface area contributed by atoms with Gasteiger partial charge in [0.1, 0.15) is 11.8 Å². The molecule has 3 aromatic rings. The molecule has 29 heavy (non-hydrogen) atoms. The van der Waals surface area contributed by atoms with Gasteiger partial charge in [-0.2, -0.15) is 0 Å². The first-order valence-electron chi connectivity index (χ1n) is 10.2. The average molecular weight is 405 g/mol. The molecule has 6 heteroatoms. The zero-order valence-corrected chi connectivity index (χ0v) is 16.9. The lowest BCUT2D eigenvalue weighted by Crippen LogP contribution is -2.29. The van der Waals surface area contributed by atoms with E-state index in [0.29, 0.717) is 11.2 Å². The Morgan fingerprint density at radius 3 is 2.52 bits per heavy atom. The molecule has 2 N–H and O–H groups in total. The second-order valence-electron chi connectivity index (χ2n) is 7.64. The lowest BCUT2D eigenvalue weighted by Gasteiger charge is -2.27. The maximum absolute atomic E-state index is 6.13. The molecule has 1 aliphatic carbocycles. The smallest absolute Gasteiger partial charge is 0.174 e. The van der Waals surface area contributed by atoms with Crippen molar-refractivity contribution in [3.8, 4) is 5.75 Å². The van der Waals surface area contributed by atoms with E-state index in [4.69, 9.17) is 17.0 Å². The monoisotopic (exact) mass is 404 g/mol. The van der Waals surface area contributed by atoms with Crippen LogP contribution in [0, 0.1) is 0 Å². The quantitative estimate of drug-likeness (QED) is 0.592. The molecule has 2 fully saturated rings. The van der Waals surface area contributed by atoms with E-state index in [9.17, 15) is 0 Å². The molecular weight excluding hydrogens is 380 g/mol. The second-order valence-corrected chi connectivity index (χ2v) is 8.03. The van der Waals surface area contributed by atoms with Crippen LogP contribution >= 0.6 is 12.2 Å². The Bertz CT molecular complexity index is 952. The van der Waals surface area contributed by atoms with E-state index >= 15 is 0 Å². The number of H-pyrrole nitrogens is 1. The minimum atomic E-state index is -0.0308. The maximum Gasteiger partial charge on any atom is 0.174 e. The van der Waals surface area contributed by atoms with Crippen LogP contribution in [0.2, 0.25) is 0 Å². The van der Waals surface area contributed by atoms with Crippen LogP contribution in [0.3, 0.4) is 0 Å². The highest BCUT2D eigenvalue weighted by Crippen LogP contribution is 2.41. The summed E-state index contributed by atoms with van der Waals surface area (Å²) >= 11 is 5.74. The molecule has 2 atom stereocenters. The first-order valence-corrected chi connectivity index (χ1v) is 10.6. The number of pyridine rings is 1. The van der Waals surface area contributed by atoms with Gasteiger partial charge in [-0.15, -0.1) is 0 Å². The van der Waals surface area contributed by atoms with Gasteiger partial charge in [0.25, 0.3) is 0 Å². The van der Waals surface area contributed by atoms with Crippen LogP contribution in [0.1, 0.15) is 49.2 Å². The largest absolute Gasteiger partial charge is 0.490 e. The van der Waals surface area contributed by atoms with E-state index in [-0.39, 0.29) is 12.1 Å². The molecule has 0 bridgehead atoms. The van der Waals surface area contributed by atoms with Gasteiger partial charge in [0, 0.05) is 23.8 Å². The fraction of sp³-hybridized carbons (Fsp3) is 0.304. The molecule has 148 valence electrons. The van der Waals surface area contributed by atoms with Gasteiger partial charge >= 0.3 is 0 Å². The van der Waals surface area contributed by atoms with E-state index in [1.807, 2.05) is 36.7 Å². The van der Waals surface area contributed by atoms with Crippen molar-refractivity contribution in [1.82, 2.24) is 15.3 Å². The summed E-state index contributed by atoms with van der Waals surface area (Å²) in [6.45, 7) is 0. The third-order valence-electron chi connectivity index (χ3n) is 5.76. The van der Waals surface area contributed by atoms with Gasteiger partial charge in [-0.1, -0.05) is 6.07 Å². The normalized spacial score (nSPS) is 22.1. The van der Waals surface area contributed by atoms with Crippen LogP contribution in [-0.2, 0) is 0 Å². The van der Waals surface area contributed by atoms with Crippen LogP contribution in [0.4, 0.5) is 5.69 Å². The van der Waals surface area contributed by atoms with E-state index in [1.54, 1.807) is 0 Å². The standard InChI is InChI=1S/C23H24N4OS/c29-23-26-21(19-8-3-4-14-24-19)22(20-9-5-15-25-20)27(23)16-10-12-18(13-11-16)28-17-6-1-2-7-17/h3-5,8-15,17,21-22,25H,1-2,6-7H2,(H,26,29)/t21-,22+/m1/s1. The summed E-state index contributed by atoms with van der Waals surface area (Å²) in [5.41, 5.74) is 3.11. The highest BCUT2D eigenvalue weighted by atomic mass is 32.1. The van der Waals surface area contributed by atoms with Crippen LogP contribution in [-0.4, -0.2) is 21.2 Å². The average Bonchev–Trinajstić information content (AvgIpc) is 3.50. The summed E-state index contributed by atoms with van der Waals surface area (Å²) in [5, 5.41) is 4.17. The predicted octanol–water partition coefficient (Wildman–Crippen LogP) is 4.91. The van der Waals surface area contributed by atoms with Gasteiger partial charge in [0.05, 0.1) is 17.8 Å². The third kappa shape index (κ3) is 3.60. The Morgan fingerprint density at radius 2 is 1.83 bits per heavy atom. The third-order valence-corrected chi connectivity index (χ3v) is 6.07. The molecule has 3 heterocycles. The molecule has 0 amide bonds. The highest BCUT2D eigenvalue weighted by Gasteiger charge is 2.41. The van der Waals surface area contributed by atoms with E-state index in [1.165, 1.54) is 12.8 Å². The lowest BCUT2D eigenvalue weighted by atomic mass is 10.0. The fourth-order valence-corrected chi connectivity index (χ4v) is 4.71. The second kappa shape index (κ2) is 7.87. The number of hydrogen-bond donors (Lipinski definition) is 2. The lowest BCUT2D eigenvalue weighted by molar-refractivity contribution is 0.210. The van der Waals surface area contributed by atoms with Crippen LogP contribution in [0.5, 0.6) is 5.75 Å². The number of aromatic nitrogens is 2. The molecule has 1 saturated heterocycles. The molecule has 0 unspecified atom stereocenters. The number of anilines is 1. The Labute approximate surface area is 176 Å². The minimum absolute atomic E-state index is 0.00556. The van der Waals surface area contributed by atoms with E-state index in [0.717, 1.165) is 35.7 Å². The summed E-state index contributed by atoms with van der Waals surface area (Å²) in [6.07, 6.45) is 8.97. The molecular formula is C23H24N4OS. The van der Waals surface area contributed by atoms with Crippen molar-refractivity contribution >= 4 is 23.0 Å². The van der Waals surface area contributed by atoms with Gasteiger partial charge in [-0.3, -0.25) is 4.98 Å². The SMILES string of the molecule is S=C1N[C@H](c2ccccn2)[C@H](c2ccc[nH]2)N1c1ccc(OC2CCCC2)cc1. The summed E-state index contributed by atoms with van der Waals surface area (Å²) in [5.74, 6) is 0.927. The molecule has 0 spiro atoms. The Hall–Kier alpha value is -2.86. The maximum atomic E-state index is 6.13. The number of thiocarbonyl (C=S) groups is 1. The molecule has 1 aromatic carbocycles. The number of nitrogens with zero attached hydrogens (tertiary/aromatic N) is 2. The van der Waals surface area contributed by atoms with Gasteiger partial charge in [0.2, 0.25) is 0 Å². The topological polar surface area (TPSA) is 53.2 Å². The fourth-order valence-electron chi connectivity index (χ4n) is 4.36. The van der Waals surface area contributed by atoms with Gasteiger partial charge in [0.15, 0.2) is 5.11 Å². The van der Waals surface area contributed by atoms with Crippen molar-refractivity contribution in [2.24, 2.45) is 0 Å². The molecule has 0 radical (unpaired) electrons. The summed E-state index contributed by atoms with van der Waals surface area (Å²) in [6, 6.07) is 18.3. The van der Waals surface area contributed by atoms with Crippen molar-refractivity contribution in [3.05, 3.63) is 78.4 Å². The van der Waals surface area contributed by atoms with Gasteiger partial charge in [-0.05, 0) is 86.4 Å². The van der Waals surface area contributed by atoms with Crippen molar-refractivity contribution in [2.45, 2.75) is 43.9 Å². The highest BCUT2D eigenvalue weighted by molar-refractivity contribution is 7.80. The first-order chi connectivity index (χ1) is 14.3. The first kappa shape index (κ1) is 18.2. The molecule has 2 aromatic heterocycles. The molecule has 1 saturated carbocycles. The molecule has 5 nitrogen and oxygen atoms in total. The molecule has 5 rings (SSSR count). The summed E-state index contributed by atoms with van der Waals surface area (Å²) < 4.78 is 6.13. The van der Waals surface area contributed by atoms with Gasteiger partial charge in [-0.25, -0.2) is 0 Å². The van der Waals surface area contributed by atoms with Crippen molar-refractivity contribution in [2.75, 3.05) is 4.90 Å². The van der Waals surface area contributed by atoms with Crippen LogP contribution < -0.4 is 15.0 Å². The number of ether oxygens (including phenoxy) is 1. The van der Waals surface area contributed by atoms with Crippen molar-refractivity contribution in [3.63, 3.8) is 0 Å². The Balaban J connectivity index is 1.45. The van der Waals surface area contributed by atoms with Crippen LogP contribution in [0.25, 0.3) is 0 Å². The van der Waals surface area contributed by atoms with Crippen LogP contribution in [0.15, 0.2) is 67.0 Å². The van der Waals surface area contributed by atoms with E-state index < -0.39 is 0 Å². The van der Waals surface area contributed by atoms with Gasteiger partial charge < -0.3 is 19.9 Å². The van der Waals surface area contributed by atoms with Crippen molar-refractivity contribution < 1.29 is 4.74 Å². The number of nitrogens with one attached hydrogen (secondary N) is 2. The Kier molecular flexibility index (Phi) is 4.94. The van der Waals surface area contributed by atoms with E-state index in [2.05, 4.69) is 50.5 Å². The number of hydrogen-bond acceptors (Lipinski definition) is 3. The van der Waals surface area contributed by atoms with Crippen molar-refractivity contribution in [1.29, 1.82) is 0 Å².